The maximum Gasteiger partial charge on any atom is 0.0551 e. The van der Waals surface area contributed by atoms with Gasteiger partial charge in [-0.05, 0) is 52.5 Å². The first kappa shape index (κ1) is 14.4. The van der Waals surface area contributed by atoms with Crippen LogP contribution in [0.1, 0.15) is 44.1 Å². The van der Waals surface area contributed by atoms with Crippen LogP contribution in [0.5, 0.6) is 0 Å². The fourth-order valence-electron chi connectivity index (χ4n) is 2.66. The molecule has 0 unspecified atom stereocenters. The van der Waals surface area contributed by atoms with Crippen LogP contribution in [0.2, 0.25) is 5.02 Å². The van der Waals surface area contributed by atoms with Gasteiger partial charge in [-0.2, -0.15) is 0 Å². The number of benzene rings is 1. The summed E-state index contributed by atoms with van der Waals surface area (Å²) < 4.78 is 0.968. The smallest absolute Gasteiger partial charge is 0.0551 e. The minimum absolute atomic E-state index is 0.793. The second kappa shape index (κ2) is 7.52. The van der Waals surface area contributed by atoms with Crippen molar-refractivity contribution in [3.8, 4) is 0 Å². The van der Waals surface area contributed by atoms with E-state index >= 15 is 0 Å². The van der Waals surface area contributed by atoms with Crippen LogP contribution < -0.4 is 5.32 Å². The highest BCUT2D eigenvalue weighted by Gasteiger charge is 2.12. The third-order valence-corrected chi connectivity index (χ3v) is 5.00. The lowest BCUT2D eigenvalue weighted by Gasteiger charge is -2.21. The van der Waals surface area contributed by atoms with Gasteiger partial charge in [-0.1, -0.05) is 49.8 Å². The zero-order valence-electron chi connectivity index (χ0n) is 10.7. The van der Waals surface area contributed by atoms with E-state index in [2.05, 4.69) is 27.3 Å². The van der Waals surface area contributed by atoms with Gasteiger partial charge >= 0.3 is 0 Å². The number of halogens is 2. The Hall–Kier alpha value is -0.0500. The summed E-state index contributed by atoms with van der Waals surface area (Å²) in [6.07, 6.45) is 8.52. The molecule has 2 rings (SSSR count). The van der Waals surface area contributed by atoms with E-state index in [1.54, 1.807) is 0 Å². The van der Waals surface area contributed by atoms with E-state index < -0.39 is 0 Å². The zero-order valence-corrected chi connectivity index (χ0v) is 13.1. The molecular weight excluding hydrogens is 310 g/mol. The van der Waals surface area contributed by atoms with Crippen LogP contribution in [-0.4, -0.2) is 6.54 Å². The standard InChI is InChI=1S/C15H21BrClN/c16-14-7-6-13(10-15(14)17)11-18-9-8-12-4-2-1-3-5-12/h6-7,10,12,18H,1-5,8-9,11H2. The van der Waals surface area contributed by atoms with Gasteiger partial charge in [-0.15, -0.1) is 0 Å². The SMILES string of the molecule is Clc1cc(CNCCC2CCCCC2)ccc1Br. The molecule has 1 aromatic carbocycles. The third-order valence-electron chi connectivity index (χ3n) is 3.77. The van der Waals surface area contributed by atoms with Crippen molar-refractivity contribution in [2.75, 3.05) is 6.54 Å². The Bertz CT molecular complexity index is 375. The first-order chi connectivity index (χ1) is 8.75. The summed E-state index contributed by atoms with van der Waals surface area (Å²) in [5, 5.41) is 4.31. The van der Waals surface area contributed by atoms with Crippen molar-refractivity contribution in [2.45, 2.75) is 45.1 Å². The Labute approximate surface area is 123 Å². The summed E-state index contributed by atoms with van der Waals surface area (Å²) in [6, 6.07) is 6.16. The van der Waals surface area contributed by atoms with Crippen LogP contribution in [0.25, 0.3) is 0 Å². The Morgan fingerprint density at radius 2 is 2.00 bits per heavy atom. The van der Waals surface area contributed by atoms with Crippen LogP contribution in [0.3, 0.4) is 0 Å². The molecule has 1 aliphatic rings. The summed E-state index contributed by atoms with van der Waals surface area (Å²) >= 11 is 9.48. The van der Waals surface area contributed by atoms with Gasteiger partial charge in [0.15, 0.2) is 0 Å². The van der Waals surface area contributed by atoms with Crippen LogP contribution >= 0.6 is 27.5 Å². The Morgan fingerprint density at radius 3 is 2.72 bits per heavy atom. The van der Waals surface area contributed by atoms with E-state index in [0.29, 0.717) is 0 Å². The van der Waals surface area contributed by atoms with Crippen molar-refractivity contribution in [1.29, 1.82) is 0 Å². The van der Waals surface area contributed by atoms with Crippen LogP contribution in [0.4, 0.5) is 0 Å². The van der Waals surface area contributed by atoms with Crippen LogP contribution in [0.15, 0.2) is 22.7 Å². The molecule has 1 nitrogen and oxygen atoms in total. The van der Waals surface area contributed by atoms with Gasteiger partial charge in [0.1, 0.15) is 0 Å². The molecule has 1 saturated carbocycles. The van der Waals surface area contributed by atoms with Crippen LogP contribution in [0, 0.1) is 5.92 Å². The Kier molecular flexibility index (Phi) is 6.00. The molecule has 0 atom stereocenters. The molecule has 1 aromatic rings. The van der Waals surface area contributed by atoms with Gasteiger partial charge in [0.2, 0.25) is 0 Å². The second-order valence-electron chi connectivity index (χ2n) is 5.22. The Morgan fingerprint density at radius 1 is 1.22 bits per heavy atom. The maximum atomic E-state index is 6.07. The minimum Gasteiger partial charge on any atom is -0.313 e. The minimum atomic E-state index is 0.793. The normalized spacial score (nSPS) is 17.0. The lowest BCUT2D eigenvalue weighted by molar-refractivity contribution is 0.334. The summed E-state index contributed by atoms with van der Waals surface area (Å²) in [5.41, 5.74) is 1.26. The predicted octanol–water partition coefficient (Wildman–Crippen LogP) is 5.16. The van der Waals surface area contributed by atoms with Gasteiger partial charge in [-0.25, -0.2) is 0 Å². The van der Waals surface area contributed by atoms with Crippen LogP contribution in [-0.2, 0) is 6.54 Å². The lowest BCUT2D eigenvalue weighted by atomic mass is 9.87. The van der Waals surface area contributed by atoms with Gasteiger partial charge in [0.05, 0.1) is 5.02 Å². The maximum absolute atomic E-state index is 6.07. The van der Waals surface area contributed by atoms with E-state index in [1.165, 1.54) is 44.1 Å². The largest absolute Gasteiger partial charge is 0.313 e. The molecule has 0 amide bonds. The highest BCUT2D eigenvalue weighted by molar-refractivity contribution is 9.10. The third kappa shape index (κ3) is 4.56. The average molecular weight is 331 g/mol. The van der Waals surface area contributed by atoms with Gasteiger partial charge in [-0.3, -0.25) is 0 Å². The van der Waals surface area contributed by atoms with Crippen molar-refractivity contribution in [3.63, 3.8) is 0 Å². The molecule has 1 aliphatic carbocycles. The van der Waals surface area contributed by atoms with Gasteiger partial charge < -0.3 is 5.32 Å². The molecule has 0 aromatic heterocycles. The van der Waals surface area contributed by atoms with Gasteiger partial charge in [0.25, 0.3) is 0 Å². The van der Waals surface area contributed by atoms with Crippen molar-refractivity contribution in [2.24, 2.45) is 5.92 Å². The highest BCUT2D eigenvalue weighted by Crippen LogP contribution is 2.26. The summed E-state index contributed by atoms with van der Waals surface area (Å²) in [6.45, 7) is 2.04. The first-order valence-corrected chi connectivity index (χ1v) is 8.07. The molecule has 0 heterocycles. The Balaban J connectivity index is 1.66. The van der Waals surface area contributed by atoms with Crippen molar-refractivity contribution in [1.82, 2.24) is 5.32 Å². The molecule has 0 bridgehead atoms. The monoisotopic (exact) mass is 329 g/mol. The quantitative estimate of drug-likeness (QED) is 0.735. The summed E-state index contributed by atoms with van der Waals surface area (Å²) in [7, 11) is 0. The highest BCUT2D eigenvalue weighted by atomic mass is 79.9. The molecule has 100 valence electrons. The van der Waals surface area contributed by atoms with E-state index in [-0.39, 0.29) is 0 Å². The number of nitrogens with one attached hydrogen (secondary N) is 1. The summed E-state index contributed by atoms with van der Waals surface area (Å²) in [4.78, 5) is 0. The molecule has 3 heteroatoms. The summed E-state index contributed by atoms with van der Waals surface area (Å²) in [5.74, 6) is 0.958. The fourth-order valence-corrected chi connectivity index (χ4v) is 3.11. The molecule has 0 aliphatic heterocycles. The van der Waals surface area contributed by atoms with E-state index in [1.807, 2.05) is 12.1 Å². The first-order valence-electron chi connectivity index (χ1n) is 6.90. The number of hydrogen-bond donors (Lipinski definition) is 1. The zero-order chi connectivity index (χ0) is 12.8. The molecule has 0 saturated heterocycles. The number of hydrogen-bond acceptors (Lipinski definition) is 1. The lowest BCUT2D eigenvalue weighted by Crippen LogP contribution is -2.19. The van der Waals surface area contributed by atoms with E-state index in [0.717, 1.165) is 28.5 Å². The van der Waals surface area contributed by atoms with Crippen molar-refractivity contribution < 1.29 is 0 Å². The second-order valence-corrected chi connectivity index (χ2v) is 6.48. The number of rotatable bonds is 5. The van der Waals surface area contributed by atoms with E-state index in [9.17, 15) is 0 Å². The topological polar surface area (TPSA) is 12.0 Å². The van der Waals surface area contributed by atoms with E-state index in [4.69, 9.17) is 11.6 Å². The molecular formula is C15H21BrClN. The molecule has 18 heavy (non-hydrogen) atoms. The van der Waals surface area contributed by atoms with Gasteiger partial charge in [0, 0.05) is 11.0 Å². The van der Waals surface area contributed by atoms with Crippen molar-refractivity contribution >= 4 is 27.5 Å². The van der Waals surface area contributed by atoms with Crippen molar-refractivity contribution in [3.05, 3.63) is 33.3 Å². The average Bonchev–Trinajstić information content (AvgIpc) is 2.40. The molecule has 1 N–H and O–H groups in total. The molecule has 0 spiro atoms. The molecule has 0 radical (unpaired) electrons. The molecule has 1 fully saturated rings. The predicted molar refractivity (Wildman–Crippen MR) is 82.1 cm³/mol. The fraction of sp³-hybridized carbons (Fsp3) is 0.600.